The number of fused-ring (bicyclic) bond motifs is 15. The molecule has 16 rings (SSSR count). The second-order valence-corrected chi connectivity index (χ2v) is 30.3. The predicted molar refractivity (Wildman–Crippen MR) is 408 cm³/mol. The zero-order valence-corrected chi connectivity index (χ0v) is 59.0. The van der Waals surface area contributed by atoms with Gasteiger partial charge in [0.2, 0.25) is 23.6 Å². The Morgan fingerprint density at radius 3 is 0.686 bits per heavy atom. The number of hydrogen-bond acceptors (Lipinski definition) is 8. The van der Waals surface area contributed by atoms with Crippen LogP contribution in [0.4, 0.5) is 4.79 Å². The van der Waals surface area contributed by atoms with Crippen molar-refractivity contribution in [2.45, 2.75) is 125 Å². The third-order valence-corrected chi connectivity index (χ3v) is 22.0. The quantitative estimate of drug-likeness (QED) is 0.0749. The second kappa shape index (κ2) is 27.0. The van der Waals surface area contributed by atoms with Gasteiger partial charge in [0.1, 0.15) is 39.9 Å². The maximum atomic E-state index is 17.8. The highest BCUT2D eigenvalue weighted by atomic mass is 16.6. The molecule has 0 spiro atoms. The molecule has 11 aromatic rings. The average Bonchev–Trinajstić information content (AvgIpc) is 1.65. The van der Waals surface area contributed by atoms with Crippen molar-refractivity contribution in [3.05, 3.63) is 334 Å². The minimum absolute atomic E-state index is 0.000449. The zero-order chi connectivity index (χ0) is 72.1. The van der Waals surface area contributed by atoms with Gasteiger partial charge >= 0.3 is 12.1 Å². The summed E-state index contributed by atoms with van der Waals surface area (Å²) in [5.74, 6) is -3.27. The van der Waals surface area contributed by atoms with Crippen LogP contribution in [0.3, 0.4) is 0 Å². The number of ether oxygens (including phenoxy) is 2. The summed E-state index contributed by atoms with van der Waals surface area (Å²) < 4.78 is 12.5. The van der Waals surface area contributed by atoms with Crippen LogP contribution in [0.15, 0.2) is 273 Å². The molecule has 0 bridgehead atoms. The van der Waals surface area contributed by atoms with Crippen LogP contribution in [-0.4, -0.2) is 69.0 Å². The van der Waals surface area contributed by atoms with Crippen LogP contribution in [0.5, 0.6) is 0 Å². The summed E-state index contributed by atoms with van der Waals surface area (Å²) in [6, 6.07) is 88.2. The number of nitrogens with one attached hydrogen (secondary N) is 5. The summed E-state index contributed by atoms with van der Waals surface area (Å²) in [6.07, 6.45) is -1.14. The number of carbonyl (C=O) groups is 6. The van der Waals surface area contributed by atoms with Crippen LogP contribution in [0.2, 0.25) is 0 Å². The van der Waals surface area contributed by atoms with Crippen LogP contribution in [0.1, 0.15) is 82.0 Å². The third kappa shape index (κ3) is 12.8. The molecule has 0 saturated heterocycles. The van der Waals surface area contributed by atoms with E-state index in [4.69, 9.17) is 9.47 Å². The van der Waals surface area contributed by atoms with Crippen molar-refractivity contribution in [1.82, 2.24) is 26.6 Å². The summed E-state index contributed by atoms with van der Waals surface area (Å²) in [5.41, 5.74) is 6.93. The smallest absolute Gasteiger partial charge is 0.408 e. The van der Waals surface area contributed by atoms with Crippen molar-refractivity contribution < 1.29 is 38.2 Å². The van der Waals surface area contributed by atoms with Gasteiger partial charge in [-0.3, -0.25) is 19.2 Å². The summed E-state index contributed by atoms with van der Waals surface area (Å²) >= 11 is 0. The van der Waals surface area contributed by atoms with Gasteiger partial charge in [0.05, 0.1) is 0 Å². The Bertz CT molecular complexity index is 5050. The molecule has 0 radical (unpaired) electrons. The van der Waals surface area contributed by atoms with Gasteiger partial charge in [0.15, 0.2) is 0 Å². The molecule has 5 aliphatic rings. The fraction of sp³-hybridized carbons (Fsp3) is 0.217. The Balaban J connectivity index is 0.873. The first-order valence-electron chi connectivity index (χ1n) is 36.2. The summed E-state index contributed by atoms with van der Waals surface area (Å²) in [5, 5.41) is 17.3. The van der Waals surface area contributed by atoms with Crippen LogP contribution < -0.4 is 26.6 Å². The van der Waals surface area contributed by atoms with E-state index >= 15 is 24.0 Å². The molecule has 0 saturated carbocycles. The van der Waals surface area contributed by atoms with E-state index in [-0.39, 0.29) is 70.8 Å². The Kier molecular flexibility index (Phi) is 17.4. The Hall–Kier alpha value is -12.0. The molecule has 0 fully saturated rings. The number of benzene rings is 11. The van der Waals surface area contributed by atoms with E-state index in [0.717, 1.165) is 117 Å². The monoisotopic (exact) mass is 1380 g/mol. The normalized spacial score (nSPS) is 16.2. The van der Waals surface area contributed by atoms with E-state index in [2.05, 4.69) is 26.6 Å². The average molecular weight is 1380 g/mol. The van der Waals surface area contributed by atoms with Gasteiger partial charge in [-0.05, 0) is 138 Å². The van der Waals surface area contributed by atoms with Gasteiger partial charge in [0.25, 0.3) is 0 Å². The van der Waals surface area contributed by atoms with Crippen molar-refractivity contribution in [3.63, 3.8) is 0 Å². The van der Waals surface area contributed by atoms with Gasteiger partial charge in [-0.25, -0.2) is 9.59 Å². The first kappa shape index (κ1) is 67.5. The molecule has 13 nitrogen and oxygen atoms in total. The summed E-state index contributed by atoms with van der Waals surface area (Å²) in [6.45, 7) is 5.36. The molecule has 0 atom stereocenters. The van der Waals surface area contributed by atoms with Gasteiger partial charge < -0.3 is 36.1 Å². The molecular formula is C92H81N5O8. The lowest BCUT2D eigenvalue weighted by Crippen LogP contribution is -2.74. The van der Waals surface area contributed by atoms with Crippen molar-refractivity contribution in [2.75, 3.05) is 0 Å². The van der Waals surface area contributed by atoms with Gasteiger partial charge in [-0.15, -0.1) is 0 Å². The number of rotatable bonds is 12. The first-order chi connectivity index (χ1) is 50.9. The second-order valence-electron chi connectivity index (χ2n) is 30.3. The van der Waals surface area contributed by atoms with E-state index in [1.54, 1.807) is 0 Å². The highest BCUT2D eigenvalue weighted by molar-refractivity contribution is 6.04. The predicted octanol–water partition coefficient (Wildman–Crippen LogP) is 14.7. The fourth-order valence-electron chi connectivity index (χ4n) is 17.1. The van der Waals surface area contributed by atoms with Crippen LogP contribution in [0.25, 0.3) is 55.6 Å². The molecule has 5 N–H and O–H groups in total. The highest BCUT2D eigenvalue weighted by Gasteiger charge is 2.57. The molecule has 5 amide bonds. The topological polar surface area (TPSA) is 181 Å². The van der Waals surface area contributed by atoms with Crippen molar-refractivity contribution in [3.8, 4) is 55.6 Å². The molecule has 13 heteroatoms. The maximum absolute atomic E-state index is 17.8. The molecular weight excluding hydrogens is 1300 g/mol. The number of hydrogen-bond donors (Lipinski definition) is 5. The third-order valence-electron chi connectivity index (χ3n) is 22.0. The maximum Gasteiger partial charge on any atom is 0.408 e. The lowest BCUT2D eigenvalue weighted by atomic mass is 9.78. The van der Waals surface area contributed by atoms with E-state index in [1.807, 2.05) is 294 Å². The van der Waals surface area contributed by atoms with E-state index < -0.39 is 69.0 Å². The standard InChI is InChI=1S/C92H81N5O8/c1-87(2,3)105-85(102)92(57-69-37-15-25-47-79(69)80-48-26-16-38-70(80)58-92)96-83(100)90(53-65-33-11-21-43-75(65)76-44-22-12-34-66(76)54-90)94-81(98)88(49-61-29-7-17-39-71(61)72-40-18-8-30-62(72)50-88)93-82(99)89(51-63-31-9-19-41-73(63)74-42-20-10-32-64(74)52-89)95-84(101)91(97-86(103)104-59-60-27-5-4-6-28-60)55-67-35-13-23-45-77(67)78-46-24-14-36-68(78)56-91/h4-48H,49-59H2,1-3H3,(H,93,99)(H,94,98)(H,95,101)(H,96,100)(H,97,103). The lowest BCUT2D eigenvalue weighted by molar-refractivity contribution is -0.165. The molecule has 0 aliphatic heterocycles. The minimum Gasteiger partial charge on any atom is -0.458 e. The number of amides is 5. The molecule has 105 heavy (non-hydrogen) atoms. The van der Waals surface area contributed by atoms with Crippen LogP contribution in [0, 0.1) is 0 Å². The van der Waals surface area contributed by atoms with Crippen LogP contribution in [-0.2, 0) is 104 Å². The van der Waals surface area contributed by atoms with E-state index in [1.165, 1.54) is 0 Å². The number of alkyl carbamates (subject to hydrolysis) is 1. The Morgan fingerprint density at radius 2 is 0.457 bits per heavy atom. The highest BCUT2D eigenvalue weighted by Crippen LogP contribution is 2.45. The number of carbonyl (C=O) groups excluding carboxylic acids is 6. The van der Waals surface area contributed by atoms with E-state index in [0.29, 0.717) is 0 Å². The molecule has 0 aromatic heterocycles. The fourth-order valence-corrected chi connectivity index (χ4v) is 17.1. The largest absolute Gasteiger partial charge is 0.458 e. The minimum atomic E-state index is -1.98. The Labute approximate surface area is 611 Å². The molecule has 522 valence electrons. The van der Waals surface area contributed by atoms with Gasteiger partial charge in [0, 0.05) is 64.2 Å². The van der Waals surface area contributed by atoms with Crippen molar-refractivity contribution in [2.24, 2.45) is 0 Å². The number of esters is 1. The molecule has 0 heterocycles. The van der Waals surface area contributed by atoms with Crippen LogP contribution >= 0.6 is 0 Å². The SMILES string of the molecule is CC(C)(C)OC(=O)C1(NC(=O)C2(NC(=O)C3(NC(=O)C4(NC(=O)C5(NC(=O)OCc6ccccc6)Cc6ccccc6-c6ccccc6C5)Cc5ccccc5-c5ccccc5C4)Cc4ccccc4-c4ccccc4C3)Cc3ccccc3-c3ccccc3C2)Cc2ccccc2-c2ccccc2C1. The Morgan fingerprint density at radius 1 is 0.267 bits per heavy atom. The zero-order valence-electron chi connectivity index (χ0n) is 59.0. The van der Waals surface area contributed by atoms with E-state index in [9.17, 15) is 4.79 Å². The van der Waals surface area contributed by atoms with Gasteiger partial charge in [-0.2, -0.15) is 0 Å². The summed E-state index contributed by atoms with van der Waals surface area (Å²) in [4.78, 5) is 101. The first-order valence-corrected chi connectivity index (χ1v) is 36.2. The van der Waals surface area contributed by atoms with Gasteiger partial charge in [-0.1, -0.05) is 273 Å². The lowest BCUT2D eigenvalue weighted by Gasteiger charge is -2.44. The van der Waals surface area contributed by atoms with Crippen molar-refractivity contribution >= 4 is 35.7 Å². The van der Waals surface area contributed by atoms with Crippen molar-refractivity contribution in [1.29, 1.82) is 0 Å². The molecule has 5 aliphatic carbocycles. The molecule has 11 aromatic carbocycles. The summed E-state index contributed by atoms with van der Waals surface area (Å²) in [7, 11) is 0. The molecule has 0 unspecified atom stereocenters.